The van der Waals surface area contributed by atoms with E-state index in [0.29, 0.717) is 18.1 Å². The van der Waals surface area contributed by atoms with Crippen molar-refractivity contribution in [2.75, 3.05) is 6.54 Å². The molecule has 4 rings (SSSR count). The molecule has 0 bridgehead atoms. The van der Waals surface area contributed by atoms with E-state index in [9.17, 15) is 9.59 Å². The number of nitrogens with one attached hydrogen (secondary N) is 1. The van der Waals surface area contributed by atoms with Gasteiger partial charge in [0.15, 0.2) is 5.65 Å². The molecule has 1 aliphatic carbocycles. The van der Waals surface area contributed by atoms with Gasteiger partial charge in [0.25, 0.3) is 0 Å². The lowest BCUT2D eigenvalue weighted by Gasteiger charge is -2.04. The number of para-hydroxylation sites is 1. The number of fused-ring (bicyclic) bond motifs is 3. The van der Waals surface area contributed by atoms with Crippen LogP contribution in [0.25, 0.3) is 16.6 Å². The van der Waals surface area contributed by atoms with E-state index in [4.69, 9.17) is 0 Å². The minimum atomic E-state index is -0.295. The van der Waals surface area contributed by atoms with Crippen molar-refractivity contribution in [2.45, 2.75) is 38.6 Å². The van der Waals surface area contributed by atoms with Crippen molar-refractivity contribution in [1.29, 1.82) is 0 Å². The highest BCUT2D eigenvalue weighted by molar-refractivity contribution is 5.91. The minimum Gasteiger partial charge on any atom is -0.355 e. The summed E-state index contributed by atoms with van der Waals surface area (Å²) in [4.78, 5) is 29.4. The van der Waals surface area contributed by atoms with Gasteiger partial charge in [-0.25, -0.2) is 18.9 Å². The predicted molar refractivity (Wildman–Crippen MR) is 90.0 cm³/mol. The highest BCUT2D eigenvalue weighted by atomic mass is 16.2. The number of nitrogens with zero attached hydrogens (tertiary/aromatic N) is 4. The van der Waals surface area contributed by atoms with E-state index in [0.717, 1.165) is 36.0 Å². The lowest BCUT2D eigenvalue weighted by molar-refractivity contribution is -0.121. The van der Waals surface area contributed by atoms with Crippen molar-refractivity contribution >= 4 is 22.5 Å². The lowest BCUT2D eigenvalue weighted by Crippen LogP contribution is -2.33. The Balaban J connectivity index is 1.87. The number of carbonyl (C=O) groups excluding carboxylic acids is 1. The first kappa shape index (κ1) is 14.9. The molecule has 0 spiro atoms. The Kier molecular flexibility index (Phi) is 3.55. The fourth-order valence-corrected chi connectivity index (χ4v) is 2.90. The van der Waals surface area contributed by atoms with E-state index in [1.807, 2.05) is 31.2 Å². The van der Waals surface area contributed by atoms with E-state index >= 15 is 0 Å². The second-order valence-corrected chi connectivity index (χ2v) is 6.21. The van der Waals surface area contributed by atoms with Gasteiger partial charge in [0, 0.05) is 17.8 Å². The van der Waals surface area contributed by atoms with E-state index in [1.165, 1.54) is 4.68 Å². The zero-order valence-corrected chi connectivity index (χ0v) is 13.5. The third kappa shape index (κ3) is 2.46. The van der Waals surface area contributed by atoms with Crippen LogP contribution in [0.2, 0.25) is 0 Å². The van der Waals surface area contributed by atoms with Crippen LogP contribution in [-0.2, 0) is 11.3 Å². The third-order valence-electron chi connectivity index (χ3n) is 4.26. The predicted octanol–water partition coefficient (Wildman–Crippen LogP) is 1.45. The maximum Gasteiger partial charge on any atom is 0.352 e. The zero-order chi connectivity index (χ0) is 16.7. The summed E-state index contributed by atoms with van der Waals surface area (Å²) in [6, 6.07) is 7.66. The lowest BCUT2D eigenvalue weighted by atomic mass is 10.2. The Morgan fingerprint density at radius 3 is 2.88 bits per heavy atom. The van der Waals surface area contributed by atoms with Gasteiger partial charge < -0.3 is 5.32 Å². The van der Waals surface area contributed by atoms with Gasteiger partial charge in [0.05, 0.1) is 5.52 Å². The topological polar surface area (TPSA) is 81.3 Å². The molecule has 24 heavy (non-hydrogen) atoms. The summed E-state index contributed by atoms with van der Waals surface area (Å²) in [6.45, 7) is 2.51. The summed E-state index contributed by atoms with van der Waals surface area (Å²) in [7, 11) is 0. The molecular formula is C17H19N5O2. The van der Waals surface area contributed by atoms with Crippen LogP contribution >= 0.6 is 0 Å². The second kappa shape index (κ2) is 5.74. The zero-order valence-electron chi connectivity index (χ0n) is 13.5. The Morgan fingerprint density at radius 1 is 1.33 bits per heavy atom. The Hall–Kier alpha value is -2.70. The summed E-state index contributed by atoms with van der Waals surface area (Å²) in [5.41, 5.74) is 1.12. The Labute approximate surface area is 138 Å². The maximum atomic E-state index is 12.8. The average Bonchev–Trinajstić information content (AvgIpc) is 3.38. The van der Waals surface area contributed by atoms with E-state index in [-0.39, 0.29) is 18.1 Å². The quantitative estimate of drug-likeness (QED) is 0.770. The van der Waals surface area contributed by atoms with Crippen molar-refractivity contribution in [3.63, 3.8) is 0 Å². The molecular weight excluding hydrogens is 306 g/mol. The van der Waals surface area contributed by atoms with Crippen molar-refractivity contribution in [3.05, 3.63) is 40.6 Å². The van der Waals surface area contributed by atoms with Gasteiger partial charge in [-0.15, -0.1) is 5.10 Å². The molecule has 124 valence electrons. The molecule has 1 aromatic carbocycles. The van der Waals surface area contributed by atoms with Gasteiger partial charge in [-0.2, -0.15) is 0 Å². The van der Waals surface area contributed by atoms with E-state index < -0.39 is 0 Å². The molecule has 0 unspecified atom stereocenters. The van der Waals surface area contributed by atoms with Crippen LogP contribution in [0.4, 0.5) is 0 Å². The van der Waals surface area contributed by atoms with Crippen molar-refractivity contribution in [3.8, 4) is 0 Å². The Morgan fingerprint density at radius 2 is 2.12 bits per heavy atom. The van der Waals surface area contributed by atoms with Crippen LogP contribution in [0, 0.1) is 0 Å². The molecule has 0 saturated heterocycles. The molecule has 0 radical (unpaired) electrons. The smallest absolute Gasteiger partial charge is 0.352 e. The summed E-state index contributed by atoms with van der Waals surface area (Å²) in [5, 5.41) is 8.03. The second-order valence-electron chi connectivity index (χ2n) is 6.21. The van der Waals surface area contributed by atoms with Crippen LogP contribution in [-0.4, -0.2) is 31.6 Å². The summed E-state index contributed by atoms with van der Waals surface area (Å²) >= 11 is 0. The van der Waals surface area contributed by atoms with Crippen LogP contribution < -0.4 is 11.0 Å². The van der Waals surface area contributed by atoms with Gasteiger partial charge in [0.1, 0.15) is 12.4 Å². The van der Waals surface area contributed by atoms with E-state index in [1.54, 1.807) is 4.40 Å². The standard InChI is InChI=1S/C17H19N5O2/c1-2-9-18-14(23)10-21-17(24)22-15(11-7-8-11)19-13-6-4-3-5-12(13)16(22)20-21/h3-6,11H,2,7-10H2,1H3,(H,18,23). The molecule has 2 aromatic heterocycles. The molecule has 1 fully saturated rings. The monoisotopic (exact) mass is 325 g/mol. The number of aromatic nitrogens is 4. The highest BCUT2D eigenvalue weighted by Crippen LogP contribution is 2.39. The highest BCUT2D eigenvalue weighted by Gasteiger charge is 2.30. The van der Waals surface area contributed by atoms with Crippen molar-refractivity contribution in [1.82, 2.24) is 24.5 Å². The fraction of sp³-hybridized carbons (Fsp3) is 0.412. The van der Waals surface area contributed by atoms with Crippen molar-refractivity contribution < 1.29 is 4.79 Å². The molecule has 0 atom stereocenters. The molecule has 1 amide bonds. The number of benzene rings is 1. The summed E-state index contributed by atoms with van der Waals surface area (Å²) in [5.74, 6) is 0.864. The normalized spacial score (nSPS) is 14.4. The number of carbonyl (C=O) groups is 1. The first-order valence-corrected chi connectivity index (χ1v) is 8.34. The van der Waals surface area contributed by atoms with Gasteiger partial charge >= 0.3 is 5.69 Å². The minimum absolute atomic E-state index is 0.0705. The van der Waals surface area contributed by atoms with Crippen LogP contribution in [0.15, 0.2) is 29.1 Å². The fourth-order valence-electron chi connectivity index (χ4n) is 2.90. The van der Waals surface area contributed by atoms with Crippen LogP contribution in [0.5, 0.6) is 0 Å². The SMILES string of the molecule is CCCNC(=O)Cn1nc2c3ccccc3nc(C3CC3)n2c1=O. The Bertz CT molecular complexity index is 984. The number of hydrogen-bond donors (Lipinski definition) is 1. The number of hydrogen-bond acceptors (Lipinski definition) is 4. The van der Waals surface area contributed by atoms with E-state index in [2.05, 4.69) is 15.4 Å². The van der Waals surface area contributed by atoms with Crippen molar-refractivity contribution in [2.24, 2.45) is 0 Å². The van der Waals surface area contributed by atoms with Crippen LogP contribution in [0.1, 0.15) is 37.9 Å². The molecule has 0 aliphatic heterocycles. The largest absolute Gasteiger partial charge is 0.355 e. The molecule has 7 heteroatoms. The van der Waals surface area contributed by atoms with Gasteiger partial charge in [-0.05, 0) is 31.4 Å². The molecule has 1 saturated carbocycles. The maximum absolute atomic E-state index is 12.8. The number of rotatable bonds is 5. The van der Waals surface area contributed by atoms with Gasteiger partial charge in [-0.1, -0.05) is 19.1 Å². The molecule has 7 nitrogen and oxygen atoms in total. The first-order valence-electron chi connectivity index (χ1n) is 8.34. The molecule has 1 aliphatic rings. The van der Waals surface area contributed by atoms with Gasteiger partial charge in [0.2, 0.25) is 5.91 Å². The average molecular weight is 325 g/mol. The van der Waals surface area contributed by atoms with Gasteiger partial charge in [-0.3, -0.25) is 4.79 Å². The number of amides is 1. The first-order chi connectivity index (χ1) is 11.7. The molecule has 1 N–H and O–H groups in total. The summed E-state index contributed by atoms with van der Waals surface area (Å²) in [6.07, 6.45) is 2.93. The molecule has 2 heterocycles. The third-order valence-corrected chi connectivity index (χ3v) is 4.26. The molecule has 3 aromatic rings. The van der Waals surface area contributed by atoms with Crippen LogP contribution in [0.3, 0.4) is 0 Å². The summed E-state index contributed by atoms with van der Waals surface area (Å²) < 4.78 is 2.81.